The van der Waals surface area contributed by atoms with Crippen LogP contribution < -0.4 is 16.0 Å². The molecule has 0 fully saturated rings. The van der Waals surface area contributed by atoms with E-state index in [2.05, 4.69) is 16.0 Å². The molecule has 148 valence electrons. The first-order chi connectivity index (χ1) is 14.1. The topological polar surface area (TPSA) is 100 Å². The van der Waals surface area contributed by atoms with E-state index in [1.807, 2.05) is 30.3 Å². The van der Waals surface area contributed by atoms with Crippen LogP contribution in [-0.2, 0) is 11.3 Å². The lowest BCUT2D eigenvalue weighted by molar-refractivity contribution is -0.121. The Bertz CT molecular complexity index is 951. The Kier molecular flexibility index (Phi) is 6.78. The highest BCUT2D eigenvalue weighted by molar-refractivity contribution is 6.02. The van der Waals surface area contributed by atoms with Gasteiger partial charge in [-0.3, -0.25) is 14.4 Å². The number of hydrogen-bond donors (Lipinski definition) is 3. The van der Waals surface area contributed by atoms with E-state index in [-0.39, 0.29) is 36.4 Å². The molecule has 0 saturated carbocycles. The zero-order valence-corrected chi connectivity index (χ0v) is 15.7. The molecule has 0 saturated heterocycles. The zero-order valence-electron chi connectivity index (χ0n) is 15.7. The van der Waals surface area contributed by atoms with Crippen LogP contribution in [0.4, 0.5) is 5.69 Å². The van der Waals surface area contributed by atoms with Gasteiger partial charge in [-0.1, -0.05) is 30.3 Å². The molecule has 1 heterocycles. The van der Waals surface area contributed by atoms with E-state index >= 15 is 0 Å². The average Bonchev–Trinajstić information content (AvgIpc) is 3.28. The van der Waals surface area contributed by atoms with Crippen molar-refractivity contribution < 1.29 is 18.8 Å². The van der Waals surface area contributed by atoms with Crippen LogP contribution in [-0.4, -0.2) is 24.3 Å². The Balaban J connectivity index is 1.40. The van der Waals surface area contributed by atoms with Crippen LogP contribution in [0.1, 0.15) is 32.9 Å². The molecule has 0 spiro atoms. The lowest BCUT2D eigenvalue weighted by Crippen LogP contribution is -2.30. The van der Waals surface area contributed by atoms with Gasteiger partial charge in [-0.25, -0.2) is 0 Å². The molecule has 0 aliphatic rings. The van der Waals surface area contributed by atoms with Crippen molar-refractivity contribution in [1.29, 1.82) is 0 Å². The number of hydrogen-bond acceptors (Lipinski definition) is 4. The smallest absolute Gasteiger partial charge is 0.291 e. The third-order valence-electron chi connectivity index (χ3n) is 4.12. The van der Waals surface area contributed by atoms with Crippen LogP contribution in [0.5, 0.6) is 0 Å². The molecule has 0 unspecified atom stereocenters. The molecule has 7 nitrogen and oxygen atoms in total. The van der Waals surface area contributed by atoms with Gasteiger partial charge in [0.25, 0.3) is 11.8 Å². The Hall–Kier alpha value is -3.87. The van der Waals surface area contributed by atoms with Crippen LogP contribution in [0.2, 0.25) is 0 Å². The maximum atomic E-state index is 12.2. The summed E-state index contributed by atoms with van der Waals surface area (Å²) in [4.78, 5) is 36.0. The second kappa shape index (κ2) is 9.89. The molecule has 29 heavy (non-hydrogen) atoms. The summed E-state index contributed by atoms with van der Waals surface area (Å²) in [6.45, 7) is 0.690. The van der Waals surface area contributed by atoms with Crippen molar-refractivity contribution in [3.05, 3.63) is 89.9 Å². The maximum absolute atomic E-state index is 12.2. The van der Waals surface area contributed by atoms with Crippen LogP contribution >= 0.6 is 0 Å². The van der Waals surface area contributed by atoms with Gasteiger partial charge >= 0.3 is 0 Å². The number of rotatable bonds is 8. The third kappa shape index (κ3) is 6.07. The summed E-state index contributed by atoms with van der Waals surface area (Å²) in [5.41, 5.74) is 2.00. The number of nitrogens with one attached hydrogen (secondary N) is 3. The SMILES string of the molecule is O=C(CCNC(=O)c1ccc(NC(=O)c2ccco2)cc1)NCc1ccccc1. The highest BCUT2D eigenvalue weighted by atomic mass is 16.3. The summed E-state index contributed by atoms with van der Waals surface area (Å²) in [6, 6.07) is 19.3. The minimum absolute atomic E-state index is 0.134. The molecule has 0 radical (unpaired) electrons. The summed E-state index contributed by atoms with van der Waals surface area (Å²) < 4.78 is 5.03. The Morgan fingerprint density at radius 1 is 0.793 bits per heavy atom. The molecule has 2 aromatic carbocycles. The fourth-order valence-electron chi connectivity index (χ4n) is 2.58. The molecule has 1 aromatic heterocycles. The molecule has 3 aromatic rings. The van der Waals surface area contributed by atoms with Crippen molar-refractivity contribution in [3.63, 3.8) is 0 Å². The number of carbonyl (C=O) groups excluding carboxylic acids is 3. The largest absolute Gasteiger partial charge is 0.459 e. The molecule has 0 atom stereocenters. The number of benzene rings is 2. The van der Waals surface area contributed by atoms with E-state index in [1.165, 1.54) is 6.26 Å². The van der Waals surface area contributed by atoms with Crippen LogP contribution in [0.15, 0.2) is 77.4 Å². The van der Waals surface area contributed by atoms with E-state index in [9.17, 15) is 14.4 Å². The van der Waals surface area contributed by atoms with Crippen molar-refractivity contribution in [1.82, 2.24) is 10.6 Å². The van der Waals surface area contributed by atoms with Crippen LogP contribution in [0.3, 0.4) is 0 Å². The fraction of sp³-hybridized carbons (Fsp3) is 0.136. The normalized spacial score (nSPS) is 10.2. The Labute approximate surface area is 168 Å². The van der Waals surface area contributed by atoms with E-state index in [0.717, 1.165) is 5.56 Å². The van der Waals surface area contributed by atoms with Crippen molar-refractivity contribution in [3.8, 4) is 0 Å². The Morgan fingerprint density at radius 2 is 1.55 bits per heavy atom. The third-order valence-corrected chi connectivity index (χ3v) is 4.12. The second-order valence-corrected chi connectivity index (χ2v) is 6.28. The van der Waals surface area contributed by atoms with Crippen molar-refractivity contribution in [2.45, 2.75) is 13.0 Å². The van der Waals surface area contributed by atoms with Gasteiger partial charge in [0.15, 0.2) is 5.76 Å². The van der Waals surface area contributed by atoms with Gasteiger partial charge in [0.05, 0.1) is 6.26 Å². The van der Waals surface area contributed by atoms with Gasteiger partial charge in [0, 0.05) is 30.8 Å². The maximum Gasteiger partial charge on any atom is 0.291 e. The monoisotopic (exact) mass is 391 g/mol. The van der Waals surface area contributed by atoms with Gasteiger partial charge in [-0.2, -0.15) is 0 Å². The first kappa shape index (κ1) is 19.9. The number of furan rings is 1. The molecular formula is C22H21N3O4. The number of anilines is 1. The first-order valence-corrected chi connectivity index (χ1v) is 9.15. The van der Waals surface area contributed by atoms with Crippen LogP contribution in [0, 0.1) is 0 Å². The predicted octanol–water partition coefficient (Wildman–Crippen LogP) is 2.97. The van der Waals surface area contributed by atoms with E-state index < -0.39 is 0 Å². The van der Waals surface area contributed by atoms with E-state index in [1.54, 1.807) is 36.4 Å². The standard InChI is InChI=1S/C22H21N3O4/c26-20(24-15-16-5-2-1-3-6-16)12-13-23-21(27)17-8-10-18(11-9-17)25-22(28)19-7-4-14-29-19/h1-11,14H,12-13,15H2,(H,23,27)(H,24,26)(H,25,28). The summed E-state index contributed by atoms with van der Waals surface area (Å²) >= 11 is 0. The second-order valence-electron chi connectivity index (χ2n) is 6.28. The highest BCUT2D eigenvalue weighted by Crippen LogP contribution is 2.12. The molecule has 7 heteroatoms. The minimum atomic E-state index is -0.367. The Morgan fingerprint density at radius 3 is 2.24 bits per heavy atom. The highest BCUT2D eigenvalue weighted by Gasteiger charge is 2.10. The molecule has 0 aliphatic carbocycles. The van der Waals surface area contributed by atoms with Crippen LogP contribution in [0.25, 0.3) is 0 Å². The molecule has 3 amide bonds. The van der Waals surface area contributed by atoms with Crippen molar-refractivity contribution in [2.24, 2.45) is 0 Å². The fourth-order valence-corrected chi connectivity index (χ4v) is 2.58. The van der Waals surface area contributed by atoms with E-state index in [0.29, 0.717) is 17.8 Å². The summed E-state index contributed by atoms with van der Waals surface area (Å²) in [6.07, 6.45) is 1.61. The van der Waals surface area contributed by atoms with E-state index in [4.69, 9.17) is 4.42 Å². The predicted molar refractivity (Wildman–Crippen MR) is 108 cm³/mol. The molecule has 0 aliphatic heterocycles. The van der Waals surface area contributed by atoms with Gasteiger partial charge in [0.2, 0.25) is 5.91 Å². The summed E-state index contributed by atoms with van der Waals surface area (Å²) in [5, 5.41) is 8.20. The molecule has 3 N–H and O–H groups in total. The quantitative estimate of drug-likeness (QED) is 0.550. The van der Waals surface area contributed by atoms with Crippen molar-refractivity contribution >= 4 is 23.4 Å². The molecular weight excluding hydrogens is 370 g/mol. The number of carbonyl (C=O) groups is 3. The lowest BCUT2D eigenvalue weighted by Gasteiger charge is -2.08. The zero-order chi connectivity index (χ0) is 20.5. The van der Waals surface area contributed by atoms with Gasteiger partial charge in [-0.05, 0) is 42.0 Å². The van der Waals surface area contributed by atoms with Gasteiger partial charge in [0.1, 0.15) is 0 Å². The van der Waals surface area contributed by atoms with Gasteiger partial charge < -0.3 is 20.4 Å². The van der Waals surface area contributed by atoms with Gasteiger partial charge in [-0.15, -0.1) is 0 Å². The molecule has 0 bridgehead atoms. The summed E-state index contributed by atoms with van der Waals surface area (Å²) in [5.74, 6) is -0.582. The number of amides is 3. The first-order valence-electron chi connectivity index (χ1n) is 9.15. The minimum Gasteiger partial charge on any atom is -0.459 e. The average molecular weight is 391 g/mol. The molecule has 3 rings (SSSR count). The summed E-state index contributed by atoms with van der Waals surface area (Å²) in [7, 11) is 0. The van der Waals surface area contributed by atoms with Crippen molar-refractivity contribution in [2.75, 3.05) is 11.9 Å². The lowest BCUT2D eigenvalue weighted by atomic mass is 10.2.